The van der Waals surface area contributed by atoms with E-state index in [9.17, 15) is 4.79 Å². The Bertz CT molecular complexity index is 582. The zero-order valence-electron chi connectivity index (χ0n) is 13.4. The van der Waals surface area contributed by atoms with E-state index in [0.717, 1.165) is 0 Å². The maximum atomic E-state index is 12.8. The number of likely N-dealkylation sites (tertiary alicyclic amines) is 1. The molecule has 0 N–H and O–H groups in total. The lowest BCUT2D eigenvalue weighted by Crippen LogP contribution is -2.47. The molecule has 2 heteroatoms. The van der Waals surface area contributed by atoms with Gasteiger partial charge < -0.3 is 0 Å². The Kier molecular flexibility index (Phi) is 4.12. The average Bonchev–Trinajstić information content (AvgIpc) is 2.55. The highest BCUT2D eigenvalue weighted by Gasteiger charge is 2.43. The van der Waals surface area contributed by atoms with Crippen LogP contribution in [0.15, 0.2) is 60.7 Å². The molecule has 1 saturated heterocycles. The van der Waals surface area contributed by atoms with E-state index in [4.69, 9.17) is 0 Å². The number of Topliss-reactive ketones (excluding diaryl/α,β-unsaturated/α-hetero) is 1. The second kappa shape index (κ2) is 6.05. The summed E-state index contributed by atoms with van der Waals surface area (Å²) in [6.07, 6.45) is 0. The van der Waals surface area contributed by atoms with Crippen LogP contribution in [0.25, 0.3) is 0 Å². The van der Waals surface area contributed by atoms with Gasteiger partial charge in [0.15, 0.2) is 0 Å². The van der Waals surface area contributed by atoms with E-state index in [1.54, 1.807) is 0 Å². The van der Waals surface area contributed by atoms with E-state index in [1.807, 2.05) is 12.1 Å². The second-order valence-electron chi connectivity index (χ2n) is 6.36. The molecule has 1 aliphatic rings. The highest BCUT2D eigenvalue weighted by Crippen LogP contribution is 2.44. The molecule has 0 aliphatic carbocycles. The Morgan fingerprint density at radius 2 is 1.09 bits per heavy atom. The molecule has 2 nitrogen and oxygen atoms in total. The van der Waals surface area contributed by atoms with Crippen LogP contribution >= 0.6 is 0 Å². The lowest BCUT2D eigenvalue weighted by atomic mass is 9.75. The van der Waals surface area contributed by atoms with Gasteiger partial charge in [-0.15, -0.1) is 0 Å². The van der Waals surface area contributed by atoms with Gasteiger partial charge in [-0.2, -0.15) is 0 Å². The Hall–Kier alpha value is -1.93. The number of benzene rings is 2. The summed E-state index contributed by atoms with van der Waals surface area (Å²) in [5.41, 5.74) is 2.44. The van der Waals surface area contributed by atoms with Crippen molar-refractivity contribution in [2.75, 3.05) is 7.05 Å². The number of hydrogen-bond donors (Lipinski definition) is 0. The molecular formula is C20H23NO. The Morgan fingerprint density at radius 3 is 1.45 bits per heavy atom. The van der Waals surface area contributed by atoms with E-state index < -0.39 is 0 Å². The fraction of sp³-hybridized carbons (Fsp3) is 0.350. The maximum absolute atomic E-state index is 12.8. The third-order valence-electron chi connectivity index (χ3n) is 5.00. The Morgan fingerprint density at radius 1 is 0.727 bits per heavy atom. The van der Waals surface area contributed by atoms with Gasteiger partial charge in [-0.25, -0.2) is 0 Å². The molecule has 1 aliphatic heterocycles. The lowest BCUT2D eigenvalue weighted by Gasteiger charge is -2.46. The second-order valence-corrected chi connectivity index (χ2v) is 6.36. The van der Waals surface area contributed by atoms with Crippen molar-refractivity contribution in [3.05, 3.63) is 71.8 Å². The summed E-state index contributed by atoms with van der Waals surface area (Å²) in [5.74, 6) is 0.394. The zero-order chi connectivity index (χ0) is 15.7. The fourth-order valence-corrected chi connectivity index (χ4v) is 3.95. The van der Waals surface area contributed by atoms with Crippen LogP contribution < -0.4 is 0 Å². The van der Waals surface area contributed by atoms with Crippen molar-refractivity contribution in [1.82, 2.24) is 4.90 Å². The standard InChI is InChI=1S/C20H23NO/c1-14-18(16-10-6-4-7-11-16)21(3)19(15(2)20(14)22)17-12-8-5-9-13-17/h4-15,18-19H,1-3H3/t14-,15+,18+,19-. The smallest absolute Gasteiger partial charge is 0.142 e. The van der Waals surface area contributed by atoms with Gasteiger partial charge in [-0.3, -0.25) is 9.69 Å². The topological polar surface area (TPSA) is 20.3 Å². The summed E-state index contributed by atoms with van der Waals surface area (Å²) < 4.78 is 0. The maximum Gasteiger partial charge on any atom is 0.142 e. The summed E-state index contributed by atoms with van der Waals surface area (Å²) in [5, 5.41) is 0. The van der Waals surface area contributed by atoms with E-state index in [-0.39, 0.29) is 23.9 Å². The molecule has 0 radical (unpaired) electrons. The minimum absolute atomic E-state index is 0.0161. The lowest BCUT2D eigenvalue weighted by molar-refractivity contribution is -0.136. The van der Waals surface area contributed by atoms with E-state index >= 15 is 0 Å². The van der Waals surface area contributed by atoms with Crippen LogP contribution in [0.3, 0.4) is 0 Å². The molecule has 0 bridgehead atoms. The number of carbonyl (C=O) groups is 1. The largest absolute Gasteiger partial charge is 0.299 e. The third-order valence-corrected chi connectivity index (χ3v) is 5.00. The number of hydrogen-bond acceptors (Lipinski definition) is 2. The van der Waals surface area contributed by atoms with Crippen LogP contribution in [0.2, 0.25) is 0 Å². The monoisotopic (exact) mass is 293 g/mol. The van der Waals surface area contributed by atoms with Crippen molar-refractivity contribution >= 4 is 5.78 Å². The summed E-state index contributed by atoms with van der Waals surface area (Å²) in [4.78, 5) is 15.2. The molecule has 22 heavy (non-hydrogen) atoms. The first-order chi connectivity index (χ1) is 10.6. The van der Waals surface area contributed by atoms with Crippen LogP contribution in [-0.2, 0) is 4.79 Å². The molecule has 114 valence electrons. The van der Waals surface area contributed by atoms with Crippen molar-refractivity contribution < 1.29 is 4.79 Å². The molecule has 2 aromatic carbocycles. The molecule has 0 unspecified atom stereocenters. The molecule has 0 saturated carbocycles. The molecule has 1 heterocycles. The molecular weight excluding hydrogens is 270 g/mol. The first-order valence-corrected chi connectivity index (χ1v) is 7.97. The van der Waals surface area contributed by atoms with Gasteiger partial charge in [-0.05, 0) is 18.2 Å². The van der Waals surface area contributed by atoms with Crippen molar-refractivity contribution in [2.45, 2.75) is 25.9 Å². The molecule has 0 amide bonds. The van der Waals surface area contributed by atoms with E-state index in [0.29, 0.717) is 5.78 Å². The molecule has 2 aromatic rings. The van der Waals surface area contributed by atoms with Gasteiger partial charge in [0.1, 0.15) is 5.78 Å². The predicted octanol–water partition coefficient (Wildman–Crippen LogP) is 4.26. The molecule has 4 atom stereocenters. The number of carbonyl (C=O) groups excluding carboxylic acids is 1. The van der Waals surface area contributed by atoms with Gasteiger partial charge in [0, 0.05) is 23.9 Å². The first-order valence-electron chi connectivity index (χ1n) is 7.97. The quantitative estimate of drug-likeness (QED) is 0.824. The number of rotatable bonds is 2. The van der Waals surface area contributed by atoms with Crippen molar-refractivity contribution in [3.8, 4) is 0 Å². The molecule has 0 spiro atoms. The van der Waals surface area contributed by atoms with Gasteiger partial charge >= 0.3 is 0 Å². The van der Waals surface area contributed by atoms with E-state index in [2.05, 4.69) is 74.3 Å². The third kappa shape index (κ3) is 2.48. The van der Waals surface area contributed by atoms with Gasteiger partial charge in [-0.1, -0.05) is 74.5 Å². The summed E-state index contributed by atoms with van der Waals surface area (Å²) >= 11 is 0. The minimum Gasteiger partial charge on any atom is -0.299 e. The van der Waals surface area contributed by atoms with Gasteiger partial charge in [0.05, 0.1) is 0 Å². The van der Waals surface area contributed by atoms with Crippen molar-refractivity contribution in [2.24, 2.45) is 11.8 Å². The van der Waals surface area contributed by atoms with Crippen LogP contribution in [0.4, 0.5) is 0 Å². The van der Waals surface area contributed by atoms with Crippen LogP contribution in [0.5, 0.6) is 0 Å². The van der Waals surface area contributed by atoms with Gasteiger partial charge in [0.2, 0.25) is 0 Å². The zero-order valence-corrected chi connectivity index (χ0v) is 13.4. The number of ketones is 1. The Balaban J connectivity index is 2.03. The number of piperidine rings is 1. The van der Waals surface area contributed by atoms with Crippen LogP contribution in [-0.4, -0.2) is 17.7 Å². The van der Waals surface area contributed by atoms with Crippen molar-refractivity contribution in [1.29, 1.82) is 0 Å². The summed E-state index contributed by atoms with van der Waals surface area (Å²) in [6, 6.07) is 21.0. The SMILES string of the molecule is C[C@@H]1C(=O)[C@H](C)[C@@H](c2ccccc2)N(C)[C@H]1c1ccccc1. The summed E-state index contributed by atoms with van der Waals surface area (Å²) in [7, 11) is 2.15. The van der Waals surface area contributed by atoms with Crippen molar-refractivity contribution in [3.63, 3.8) is 0 Å². The average molecular weight is 293 g/mol. The van der Waals surface area contributed by atoms with Gasteiger partial charge in [0.25, 0.3) is 0 Å². The van der Waals surface area contributed by atoms with E-state index in [1.165, 1.54) is 11.1 Å². The molecule has 0 aromatic heterocycles. The minimum atomic E-state index is 0.0161. The summed E-state index contributed by atoms with van der Waals surface area (Å²) in [6.45, 7) is 4.13. The van der Waals surface area contributed by atoms with Crippen LogP contribution in [0.1, 0.15) is 37.1 Å². The fourth-order valence-electron chi connectivity index (χ4n) is 3.95. The molecule has 3 rings (SSSR count). The normalized spacial score (nSPS) is 29.5. The highest BCUT2D eigenvalue weighted by atomic mass is 16.1. The Labute approximate surface area is 132 Å². The van der Waals surface area contributed by atoms with Crippen LogP contribution in [0, 0.1) is 11.8 Å². The first kappa shape index (κ1) is 15.0. The highest BCUT2D eigenvalue weighted by molar-refractivity contribution is 5.85. The predicted molar refractivity (Wildman–Crippen MR) is 89.5 cm³/mol. The number of nitrogens with zero attached hydrogens (tertiary/aromatic N) is 1. The molecule has 1 fully saturated rings.